The normalized spacial score (nSPS) is 16.9. The number of rotatable bonds is 3. The molecule has 1 aromatic rings. The second-order valence-corrected chi connectivity index (χ2v) is 3.03. The number of hydrogen-bond donors (Lipinski definition) is 0. The molecule has 1 heterocycles. The van der Waals surface area contributed by atoms with E-state index in [0.717, 1.165) is 12.1 Å². The summed E-state index contributed by atoms with van der Waals surface area (Å²) in [5, 5.41) is 0. The number of halogens is 2. The fourth-order valence-electron chi connectivity index (χ4n) is 1.28. The minimum atomic E-state index is -0.729. The smallest absolute Gasteiger partial charge is 0.191 e. The molecule has 0 aliphatic carbocycles. The van der Waals surface area contributed by atoms with Crippen molar-refractivity contribution >= 4 is 0 Å². The molecule has 2 rings (SSSR count). The predicted octanol–water partition coefficient (Wildman–Crippen LogP) is 1.72. The first kappa shape index (κ1) is 10.3. The highest BCUT2D eigenvalue weighted by Gasteiger charge is 2.18. The Bertz CT molecular complexity index is 317. The van der Waals surface area contributed by atoms with Crippen molar-refractivity contribution < 1.29 is 23.0 Å². The van der Waals surface area contributed by atoms with E-state index >= 15 is 0 Å². The van der Waals surface area contributed by atoms with Gasteiger partial charge in [0.2, 0.25) is 0 Å². The summed E-state index contributed by atoms with van der Waals surface area (Å²) in [5.74, 6) is -1.85. The molecule has 0 aromatic heterocycles. The molecular weight excluding hydrogens is 206 g/mol. The van der Waals surface area contributed by atoms with Crippen molar-refractivity contribution in [2.24, 2.45) is 0 Å². The average Bonchev–Trinajstić information content (AvgIpc) is 2.70. The van der Waals surface area contributed by atoms with E-state index < -0.39 is 23.7 Å². The first-order valence-corrected chi connectivity index (χ1v) is 4.57. The molecule has 5 heteroatoms. The Morgan fingerprint density at radius 1 is 1.20 bits per heavy atom. The molecule has 0 saturated carbocycles. The van der Waals surface area contributed by atoms with Crippen LogP contribution in [-0.2, 0) is 9.47 Å². The van der Waals surface area contributed by atoms with Gasteiger partial charge in [0.1, 0.15) is 6.61 Å². The van der Waals surface area contributed by atoms with Crippen LogP contribution in [0.1, 0.15) is 0 Å². The van der Waals surface area contributed by atoms with E-state index in [2.05, 4.69) is 0 Å². The fraction of sp³-hybridized carbons (Fsp3) is 0.400. The van der Waals surface area contributed by atoms with Crippen molar-refractivity contribution in [1.29, 1.82) is 0 Å². The van der Waals surface area contributed by atoms with Crippen molar-refractivity contribution in [2.45, 2.75) is 6.29 Å². The minimum absolute atomic E-state index is 0.0160. The summed E-state index contributed by atoms with van der Waals surface area (Å²) < 4.78 is 41.2. The number of hydrogen-bond acceptors (Lipinski definition) is 3. The topological polar surface area (TPSA) is 27.7 Å². The molecule has 1 aromatic carbocycles. The van der Waals surface area contributed by atoms with Crippen molar-refractivity contribution in [3.8, 4) is 5.75 Å². The lowest BCUT2D eigenvalue weighted by Crippen LogP contribution is -2.19. The van der Waals surface area contributed by atoms with Crippen LogP contribution >= 0.6 is 0 Å². The maximum Gasteiger partial charge on any atom is 0.191 e. The third-order valence-electron chi connectivity index (χ3n) is 1.97. The van der Waals surface area contributed by atoms with Gasteiger partial charge in [0, 0.05) is 0 Å². The van der Waals surface area contributed by atoms with E-state index in [-0.39, 0.29) is 6.61 Å². The maximum absolute atomic E-state index is 13.1. The van der Waals surface area contributed by atoms with Gasteiger partial charge in [-0.2, -0.15) is 0 Å². The zero-order chi connectivity index (χ0) is 10.7. The van der Waals surface area contributed by atoms with Crippen LogP contribution in [0.5, 0.6) is 5.75 Å². The lowest BCUT2D eigenvalue weighted by atomic mass is 10.3. The van der Waals surface area contributed by atoms with Gasteiger partial charge >= 0.3 is 0 Å². The third-order valence-corrected chi connectivity index (χ3v) is 1.97. The number of benzene rings is 1. The number of ether oxygens (including phenoxy) is 3. The van der Waals surface area contributed by atoms with Gasteiger partial charge in [-0.1, -0.05) is 6.07 Å². The van der Waals surface area contributed by atoms with Gasteiger partial charge in [0.25, 0.3) is 0 Å². The molecule has 15 heavy (non-hydrogen) atoms. The van der Waals surface area contributed by atoms with Gasteiger partial charge in [-0.05, 0) is 12.1 Å². The summed E-state index contributed by atoms with van der Waals surface area (Å²) in [6.07, 6.45) is -0.538. The van der Waals surface area contributed by atoms with Crippen molar-refractivity contribution in [1.82, 2.24) is 0 Å². The Morgan fingerprint density at radius 2 is 1.80 bits per heavy atom. The van der Waals surface area contributed by atoms with E-state index in [1.165, 1.54) is 6.07 Å². The van der Waals surface area contributed by atoms with Crippen molar-refractivity contribution in [3.05, 3.63) is 29.8 Å². The molecule has 0 amide bonds. The molecule has 0 radical (unpaired) electrons. The van der Waals surface area contributed by atoms with Crippen LogP contribution in [0, 0.1) is 11.6 Å². The second-order valence-electron chi connectivity index (χ2n) is 3.03. The Kier molecular flexibility index (Phi) is 3.13. The van der Waals surface area contributed by atoms with E-state index in [9.17, 15) is 8.78 Å². The zero-order valence-corrected chi connectivity index (χ0v) is 7.91. The van der Waals surface area contributed by atoms with Crippen LogP contribution in [0.3, 0.4) is 0 Å². The maximum atomic E-state index is 13.1. The molecule has 1 fully saturated rings. The Balaban J connectivity index is 1.97. The van der Waals surface area contributed by atoms with E-state index in [4.69, 9.17) is 14.2 Å². The van der Waals surface area contributed by atoms with Gasteiger partial charge in [-0.15, -0.1) is 0 Å². The fourth-order valence-corrected chi connectivity index (χ4v) is 1.28. The molecule has 1 saturated heterocycles. The standard InChI is InChI=1S/C10H10F2O3/c11-7-2-1-3-8(12)10(7)15-6-9-13-4-5-14-9/h1-3,9H,4-6H2. The molecule has 0 spiro atoms. The summed E-state index contributed by atoms with van der Waals surface area (Å²) >= 11 is 0. The van der Waals surface area contributed by atoms with Crippen molar-refractivity contribution in [2.75, 3.05) is 19.8 Å². The molecular formula is C10H10F2O3. The largest absolute Gasteiger partial charge is 0.482 e. The van der Waals surface area contributed by atoms with Crippen LogP contribution in [0.15, 0.2) is 18.2 Å². The molecule has 1 aliphatic heterocycles. The van der Waals surface area contributed by atoms with Crippen LogP contribution in [0.4, 0.5) is 8.78 Å². The van der Waals surface area contributed by atoms with Gasteiger partial charge in [0.15, 0.2) is 23.7 Å². The van der Waals surface area contributed by atoms with Gasteiger partial charge in [0.05, 0.1) is 13.2 Å². The Hall–Kier alpha value is -1.20. The SMILES string of the molecule is Fc1cccc(F)c1OCC1OCCO1. The highest BCUT2D eigenvalue weighted by atomic mass is 19.1. The molecule has 0 atom stereocenters. The second kappa shape index (κ2) is 4.55. The van der Waals surface area contributed by atoms with Crippen LogP contribution in [0.25, 0.3) is 0 Å². The highest BCUT2D eigenvalue weighted by Crippen LogP contribution is 2.21. The highest BCUT2D eigenvalue weighted by molar-refractivity contribution is 5.25. The zero-order valence-electron chi connectivity index (χ0n) is 7.91. The summed E-state index contributed by atoms with van der Waals surface area (Å²) in [7, 11) is 0. The van der Waals surface area contributed by atoms with E-state index in [1.54, 1.807) is 0 Å². The molecule has 0 N–H and O–H groups in total. The number of para-hydroxylation sites is 1. The van der Waals surface area contributed by atoms with Crippen LogP contribution in [0.2, 0.25) is 0 Å². The quantitative estimate of drug-likeness (QED) is 0.769. The molecule has 82 valence electrons. The summed E-state index contributed by atoms with van der Waals surface area (Å²) in [6, 6.07) is 3.55. The summed E-state index contributed by atoms with van der Waals surface area (Å²) in [4.78, 5) is 0. The molecule has 3 nitrogen and oxygen atoms in total. The third kappa shape index (κ3) is 2.43. The van der Waals surface area contributed by atoms with Gasteiger partial charge in [-0.25, -0.2) is 8.78 Å². The summed E-state index contributed by atoms with van der Waals surface area (Å²) in [5.41, 5.74) is 0. The predicted molar refractivity (Wildman–Crippen MR) is 47.5 cm³/mol. The lowest BCUT2D eigenvalue weighted by molar-refractivity contribution is -0.0695. The van der Waals surface area contributed by atoms with Crippen LogP contribution in [-0.4, -0.2) is 26.1 Å². The Labute approximate surface area is 85.6 Å². The summed E-state index contributed by atoms with van der Waals surface area (Å²) in [6.45, 7) is 0.944. The first-order valence-electron chi connectivity index (χ1n) is 4.57. The monoisotopic (exact) mass is 216 g/mol. The van der Waals surface area contributed by atoms with E-state index in [1.807, 2.05) is 0 Å². The molecule has 0 unspecified atom stereocenters. The average molecular weight is 216 g/mol. The van der Waals surface area contributed by atoms with E-state index in [0.29, 0.717) is 13.2 Å². The van der Waals surface area contributed by atoms with Crippen molar-refractivity contribution in [3.63, 3.8) is 0 Å². The molecule has 0 bridgehead atoms. The van der Waals surface area contributed by atoms with Gasteiger partial charge < -0.3 is 14.2 Å². The first-order chi connectivity index (χ1) is 7.27. The Morgan fingerprint density at radius 3 is 2.40 bits per heavy atom. The molecule has 1 aliphatic rings. The van der Waals surface area contributed by atoms with Crippen LogP contribution < -0.4 is 4.74 Å². The lowest BCUT2D eigenvalue weighted by Gasteiger charge is -2.11. The minimum Gasteiger partial charge on any atom is -0.482 e. The van der Waals surface area contributed by atoms with Gasteiger partial charge in [-0.3, -0.25) is 0 Å².